The van der Waals surface area contributed by atoms with Crippen molar-refractivity contribution in [2.75, 3.05) is 7.11 Å². The number of para-hydroxylation sites is 2. The van der Waals surface area contributed by atoms with Gasteiger partial charge in [0.1, 0.15) is 11.4 Å². The average molecular weight is 280 g/mol. The van der Waals surface area contributed by atoms with Crippen LogP contribution >= 0.6 is 0 Å². The molecule has 0 aliphatic carbocycles. The van der Waals surface area contributed by atoms with Crippen molar-refractivity contribution < 1.29 is 4.74 Å². The number of nitrogens with zero attached hydrogens (tertiary/aromatic N) is 1. The number of rotatable bonds is 3. The van der Waals surface area contributed by atoms with E-state index in [4.69, 9.17) is 4.74 Å². The van der Waals surface area contributed by atoms with Crippen molar-refractivity contribution in [3.8, 4) is 22.7 Å². The Morgan fingerprint density at radius 1 is 1.05 bits per heavy atom. The van der Waals surface area contributed by atoms with Gasteiger partial charge in [0.2, 0.25) is 0 Å². The lowest BCUT2D eigenvalue weighted by molar-refractivity contribution is 0.411. The first kappa shape index (κ1) is 13.2. The quantitative estimate of drug-likeness (QED) is 0.801. The molecule has 3 rings (SSSR count). The summed E-state index contributed by atoms with van der Waals surface area (Å²) in [4.78, 5) is 12.3. The van der Waals surface area contributed by atoms with Crippen LogP contribution < -0.4 is 10.3 Å². The van der Waals surface area contributed by atoms with Gasteiger partial charge in [0.15, 0.2) is 0 Å². The van der Waals surface area contributed by atoms with Gasteiger partial charge >= 0.3 is 0 Å². The molecule has 0 radical (unpaired) electrons. The molecule has 4 heteroatoms. The Hall–Kier alpha value is -2.75. The summed E-state index contributed by atoms with van der Waals surface area (Å²) >= 11 is 0. The van der Waals surface area contributed by atoms with Crippen molar-refractivity contribution in [1.29, 1.82) is 0 Å². The second-order valence-corrected chi connectivity index (χ2v) is 4.83. The number of nitrogens with one attached hydrogen (secondary N) is 1. The summed E-state index contributed by atoms with van der Waals surface area (Å²) in [5.41, 5.74) is 3.51. The highest BCUT2D eigenvalue weighted by atomic mass is 16.5. The number of hydrogen-bond donors (Lipinski definition) is 1. The van der Waals surface area contributed by atoms with E-state index in [0.29, 0.717) is 11.4 Å². The molecular weight excluding hydrogens is 264 g/mol. The van der Waals surface area contributed by atoms with Gasteiger partial charge < -0.3 is 4.74 Å². The van der Waals surface area contributed by atoms with E-state index in [9.17, 15) is 4.79 Å². The summed E-state index contributed by atoms with van der Waals surface area (Å²) in [5.74, 6) is 0.651. The Balaban J connectivity index is 2.15. The van der Waals surface area contributed by atoms with Gasteiger partial charge in [0.25, 0.3) is 5.56 Å². The zero-order valence-electron chi connectivity index (χ0n) is 12.0. The number of aromatic nitrogens is 2. The number of hydrogen-bond acceptors (Lipinski definition) is 2. The zero-order valence-corrected chi connectivity index (χ0v) is 12.0. The second-order valence-electron chi connectivity index (χ2n) is 4.83. The van der Waals surface area contributed by atoms with E-state index in [1.807, 2.05) is 55.5 Å². The van der Waals surface area contributed by atoms with Crippen molar-refractivity contribution in [2.45, 2.75) is 6.92 Å². The van der Waals surface area contributed by atoms with Gasteiger partial charge in [-0.05, 0) is 24.6 Å². The highest BCUT2D eigenvalue weighted by Crippen LogP contribution is 2.23. The number of ether oxygens (including phenoxy) is 1. The molecular formula is C17H16N2O2. The third-order valence-electron chi connectivity index (χ3n) is 3.48. The average Bonchev–Trinajstić information content (AvgIpc) is 2.89. The molecule has 3 aromatic rings. The molecule has 0 bridgehead atoms. The molecule has 1 aromatic heterocycles. The van der Waals surface area contributed by atoms with Crippen LogP contribution in [0.4, 0.5) is 0 Å². The van der Waals surface area contributed by atoms with E-state index in [0.717, 1.165) is 16.8 Å². The fourth-order valence-electron chi connectivity index (χ4n) is 2.40. The molecule has 1 N–H and O–H groups in total. The Morgan fingerprint density at radius 3 is 2.52 bits per heavy atom. The van der Waals surface area contributed by atoms with Crippen molar-refractivity contribution >= 4 is 0 Å². The van der Waals surface area contributed by atoms with Crippen LogP contribution in [0.25, 0.3) is 16.9 Å². The predicted octanol–water partition coefficient (Wildman–Crippen LogP) is 3.15. The van der Waals surface area contributed by atoms with E-state index in [-0.39, 0.29) is 5.56 Å². The fraction of sp³-hybridized carbons (Fsp3) is 0.118. The highest BCUT2D eigenvalue weighted by Gasteiger charge is 2.11. The number of aryl methyl sites for hydroxylation is 1. The second kappa shape index (κ2) is 5.32. The Bertz CT molecular complexity index is 831. The third kappa shape index (κ3) is 2.36. The van der Waals surface area contributed by atoms with Crippen molar-refractivity contribution in [3.63, 3.8) is 0 Å². The summed E-state index contributed by atoms with van der Waals surface area (Å²) in [6.07, 6.45) is 0. The molecule has 0 saturated carbocycles. The zero-order chi connectivity index (χ0) is 14.8. The molecule has 0 fully saturated rings. The van der Waals surface area contributed by atoms with E-state index in [1.54, 1.807) is 13.2 Å². The number of aromatic amines is 1. The molecule has 0 saturated heterocycles. The normalized spacial score (nSPS) is 10.6. The Labute approximate surface area is 122 Å². The van der Waals surface area contributed by atoms with Gasteiger partial charge in [0, 0.05) is 11.6 Å². The number of benzene rings is 2. The molecule has 0 unspecified atom stereocenters. The molecule has 0 spiro atoms. The minimum atomic E-state index is -0.113. The van der Waals surface area contributed by atoms with E-state index >= 15 is 0 Å². The highest BCUT2D eigenvalue weighted by molar-refractivity contribution is 5.63. The topological polar surface area (TPSA) is 47.0 Å². The van der Waals surface area contributed by atoms with Crippen molar-refractivity contribution in [3.05, 3.63) is 70.5 Å². The van der Waals surface area contributed by atoms with Crippen LogP contribution in [0.2, 0.25) is 0 Å². The lowest BCUT2D eigenvalue weighted by Gasteiger charge is -2.08. The molecule has 1 heterocycles. The van der Waals surface area contributed by atoms with Gasteiger partial charge in [-0.15, -0.1) is 0 Å². The first-order valence-corrected chi connectivity index (χ1v) is 6.72. The molecule has 2 aromatic carbocycles. The van der Waals surface area contributed by atoms with E-state index < -0.39 is 0 Å². The van der Waals surface area contributed by atoms with Crippen LogP contribution in [0.15, 0.2) is 59.4 Å². The molecule has 0 aliphatic heterocycles. The number of methoxy groups -OCH3 is 1. The van der Waals surface area contributed by atoms with E-state index in [1.165, 1.54) is 4.68 Å². The van der Waals surface area contributed by atoms with Gasteiger partial charge in [-0.2, -0.15) is 0 Å². The molecule has 21 heavy (non-hydrogen) atoms. The number of H-pyrrole nitrogens is 1. The Morgan fingerprint density at radius 2 is 1.76 bits per heavy atom. The molecule has 0 atom stereocenters. The standard InChI is InChI=1S/C17H16N2O2/c1-12-7-3-4-8-13(12)14-11-17(20)19(18-14)15-9-5-6-10-16(15)21-2/h3-11,18H,1-2H3. The van der Waals surface area contributed by atoms with Crippen LogP contribution in [0.5, 0.6) is 5.75 Å². The third-order valence-corrected chi connectivity index (χ3v) is 3.48. The summed E-state index contributed by atoms with van der Waals surface area (Å²) in [7, 11) is 1.59. The SMILES string of the molecule is COc1ccccc1-n1[nH]c(-c2ccccc2C)cc1=O. The minimum absolute atomic E-state index is 0.113. The van der Waals surface area contributed by atoms with Crippen LogP contribution in [0.1, 0.15) is 5.56 Å². The smallest absolute Gasteiger partial charge is 0.271 e. The molecule has 4 nitrogen and oxygen atoms in total. The molecule has 106 valence electrons. The van der Waals surface area contributed by atoms with Crippen molar-refractivity contribution in [1.82, 2.24) is 9.78 Å². The van der Waals surface area contributed by atoms with Crippen LogP contribution in [-0.4, -0.2) is 16.9 Å². The predicted molar refractivity (Wildman–Crippen MR) is 83.1 cm³/mol. The summed E-state index contributed by atoms with van der Waals surface area (Å²) in [6, 6.07) is 17.0. The van der Waals surface area contributed by atoms with E-state index in [2.05, 4.69) is 5.10 Å². The first-order valence-electron chi connectivity index (χ1n) is 6.72. The first-order chi connectivity index (χ1) is 10.2. The molecule has 0 aliphatic rings. The summed E-state index contributed by atoms with van der Waals surface area (Å²) in [5, 5.41) is 3.15. The van der Waals surface area contributed by atoms with Crippen LogP contribution in [0.3, 0.4) is 0 Å². The van der Waals surface area contributed by atoms with Gasteiger partial charge in [-0.25, -0.2) is 4.68 Å². The summed E-state index contributed by atoms with van der Waals surface area (Å²) in [6.45, 7) is 2.02. The lowest BCUT2D eigenvalue weighted by atomic mass is 10.1. The maximum Gasteiger partial charge on any atom is 0.271 e. The van der Waals surface area contributed by atoms with Gasteiger partial charge in [-0.1, -0.05) is 36.4 Å². The summed E-state index contributed by atoms with van der Waals surface area (Å²) < 4.78 is 6.81. The lowest BCUT2D eigenvalue weighted by Crippen LogP contribution is -2.14. The van der Waals surface area contributed by atoms with Gasteiger partial charge in [-0.3, -0.25) is 9.89 Å². The minimum Gasteiger partial charge on any atom is -0.494 e. The largest absolute Gasteiger partial charge is 0.494 e. The fourth-order valence-corrected chi connectivity index (χ4v) is 2.40. The monoisotopic (exact) mass is 280 g/mol. The Kier molecular flexibility index (Phi) is 3.36. The maximum atomic E-state index is 12.3. The van der Waals surface area contributed by atoms with Crippen LogP contribution in [0, 0.1) is 6.92 Å². The van der Waals surface area contributed by atoms with Gasteiger partial charge in [0.05, 0.1) is 12.8 Å². The molecule has 0 amide bonds. The van der Waals surface area contributed by atoms with Crippen LogP contribution in [-0.2, 0) is 0 Å². The maximum absolute atomic E-state index is 12.3. The van der Waals surface area contributed by atoms with Crippen molar-refractivity contribution in [2.24, 2.45) is 0 Å².